The number of furan rings is 1. The minimum absolute atomic E-state index is 0.0727. The number of benzene rings is 2. The summed E-state index contributed by atoms with van der Waals surface area (Å²) in [6.07, 6.45) is 0.0471. The van der Waals surface area contributed by atoms with Gasteiger partial charge in [0.1, 0.15) is 5.75 Å². The first-order valence-electron chi connectivity index (χ1n) is 8.71. The fraction of sp³-hybridized carbons (Fsp3) is 0.190. The van der Waals surface area contributed by atoms with Crippen LogP contribution in [0.4, 0.5) is 0 Å². The lowest BCUT2D eigenvalue weighted by molar-refractivity contribution is -0.570. The highest BCUT2D eigenvalue weighted by atomic mass is 16.7. The second kappa shape index (κ2) is 8.39. The van der Waals surface area contributed by atoms with Crippen molar-refractivity contribution in [2.45, 2.75) is 20.1 Å². The zero-order chi connectivity index (χ0) is 20.1. The molecule has 0 fully saturated rings. The topological polar surface area (TPSA) is 91.8 Å². The first-order valence-corrected chi connectivity index (χ1v) is 8.71. The van der Waals surface area contributed by atoms with Gasteiger partial charge in [0.25, 0.3) is 0 Å². The molecule has 1 heterocycles. The molecule has 28 heavy (non-hydrogen) atoms. The molecule has 0 radical (unpaired) electrons. The van der Waals surface area contributed by atoms with E-state index in [1.165, 1.54) is 6.26 Å². The van der Waals surface area contributed by atoms with Crippen molar-refractivity contribution in [2.75, 3.05) is 6.61 Å². The van der Waals surface area contributed by atoms with E-state index in [0.717, 1.165) is 5.56 Å². The quantitative estimate of drug-likeness (QED) is 0.253. The molecule has 0 saturated carbocycles. The van der Waals surface area contributed by atoms with Crippen LogP contribution >= 0.6 is 0 Å². The molecule has 0 aliphatic heterocycles. The van der Waals surface area contributed by atoms with Crippen LogP contribution in [-0.2, 0) is 4.74 Å². The van der Waals surface area contributed by atoms with Crippen molar-refractivity contribution in [3.63, 3.8) is 0 Å². The molecular formula is C21H19NO6. The first kappa shape index (κ1) is 19.2. The third-order valence-corrected chi connectivity index (χ3v) is 4.04. The molecule has 1 atom stereocenters. The number of ether oxygens (including phenoxy) is 2. The third-order valence-electron chi connectivity index (χ3n) is 4.04. The molecule has 7 heteroatoms. The average molecular weight is 381 g/mol. The van der Waals surface area contributed by atoms with E-state index < -0.39 is 17.1 Å². The second-order valence-corrected chi connectivity index (χ2v) is 6.08. The molecule has 3 aromatic rings. The van der Waals surface area contributed by atoms with E-state index in [-0.39, 0.29) is 12.4 Å². The summed E-state index contributed by atoms with van der Waals surface area (Å²) < 4.78 is 15.9. The lowest BCUT2D eigenvalue weighted by Gasteiger charge is -2.13. The number of carbonyl (C=O) groups excluding carboxylic acids is 1. The first-order chi connectivity index (χ1) is 13.5. The SMILES string of the molecule is CCOC(=O)c1occc1-c1cccc(OC(c2cccc(C)c2)[N+](=O)[O-])c1. The smallest absolute Gasteiger partial charge is 0.380 e. The van der Waals surface area contributed by atoms with Gasteiger partial charge in [0.15, 0.2) is 0 Å². The van der Waals surface area contributed by atoms with Gasteiger partial charge in [-0.05, 0) is 49.7 Å². The number of nitrogens with zero attached hydrogens (tertiary/aromatic N) is 1. The van der Waals surface area contributed by atoms with Crippen molar-refractivity contribution in [2.24, 2.45) is 0 Å². The largest absolute Gasteiger partial charge is 0.460 e. The Labute approximate surface area is 161 Å². The van der Waals surface area contributed by atoms with Gasteiger partial charge in [0, 0.05) is 5.56 Å². The molecule has 0 aliphatic carbocycles. The zero-order valence-electron chi connectivity index (χ0n) is 15.5. The number of carbonyl (C=O) groups is 1. The summed E-state index contributed by atoms with van der Waals surface area (Å²) in [5.41, 5.74) is 2.50. The number of hydrogen-bond acceptors (Lipinski definition) is 6. The van der Waals surface area contributed by atoms with Gasteiger partial charge in [0.2, 0.25) is 5.76 Å². The van der Waals surface area contributed by atoms with Gasteiger partial charge >= 0.3 is 12.2 Å². The highest BCUT2D eigenvalue weighted by Crippen LogP contribution is 2.31. The van der Waals surface area contributed by atoms with Crippen molar-refractivity contribution in [3.8, 4) is 16.9 Å². The minimum Gasteiger partial charge on any atom is -0.460 e. The number of nitro groups is 1. The monoisotopic (exact) mass is 381 g/mol. The Morgan fingerprint density at radius 1 is 1.18 bits per heavy atom. The summed E-state index contributed by atoms with van der Waals surface area (Å²) >= 11 is 0. The Balaban J connectivity index is 1.90. The maximum Gasteiger partial charge on any atom is 0.380 e. The van der Waals surface area contributed by atoms with Crippen LogP contribution in [0.15, 0.2) is 65.3 Å². The fourth-order valence-electron chi connectivity index (χ4n) is 2.81. The summed E-state index contributed by atoms with van der Waals surface area (Å²) in [7, 11) is 0. The Kier molecular flexibility index (Phi) is 5.74. The lowest BCUT2D eigenvalue weighted by atomic mass is 10.1. The van der Waals surface area contributed by atoms with Gasteiger partial charge in [-0.15, -0.1) is 0 Å². The predicted molar refractivity (Wildman–Crippen MR) is 102 cm³/mol. The minimum atomic E-state index is -1.34. The van der Waals surface area contributed by atoms with Gasteiger partial charge in [-0.1, -0.05) is 29.8 Å². The Morgan fingerprint density at radius 2 is 1.96 bits per heavy atom. The molecule has 0 aliphatic rings. The fourth-order valence-corrected chi connectivity index (χ4v) is 2.81. The molecule has 1 aromatic heterocycles. The highest BCUT2D eigenvalue weighted by molar-refractivity contribution is 5.94. The summed E-state index contributed by atoms with van der Waals surface area (Å²) in [5, 5.41) is 11.5. The van der Waals surface area contributed by atoms with E-state index in [0.29, 0.717) is 22.4 Å². The lowest BCUT2D eigenvalue weighted by Crippen LogP contribution is -2.17. The zero-order valence-corrected chi connectivity index (χ0v) is 15.5. The van der Waals surface area contributed by atoms with Crippen LogP contribution in [0, 0.1) is 17.0 Å². The van der Waals surface area contributed by atoms with Crippen LogP contribution in [0.2, 0.25) is 0 Å². The average Bonchev–Trinajstić information content (AvgIpc) is 3.16. The van der Waals surface area contributed by atoms with Crippen molar-refractivity contribution in [1.29, 1.82) is 0 Å². The Bertz CT molecular complexity index is 994. The van der Waals surface area contributed by atoms with Crippen LogP contribution in [0.25, 0.3) is 11.1 Å². The third kappa shape index (κ3) is 4.20. The van der Waals surface area contributed by atoms with Gasteiger partial charge in [-0.3, -0.25) is 10.1 Å². The number of hydrogen-bond donors (Lipinski definition) is 0. The van der Waals surface area contributed by atoms with Crippen LogP contribution in [0.5, 0.6) is 5.75 Å². The van der Waals surface area contributed by atoms with Gasteiger partial charge in [-0.25, -0.2) is 4.79 Å². The van der Waals surface area contributed by atoms with E-state index in [1.54, 1.807) is 55.5 Å². The van der Waals surface area contributed by atoms with Crippen LogP contribution < -0.4 is 4.74 Å². The highest BCUT2D eigenvalue weighted by Gasteiger charge is 2.25. The van der Waals surface area contributed by atoms with Crippen LogP contribution in [0.3, 0.4) is 0 Å². The van der Waals surface area contributed by atoms with E-state index >= 15 is 0 Å². The van der Waals surface area contributed by atoms with Crippen LogP contribution in [-0.4, -0.2) is 17.5 Å². The van der Waals surface area contributed by atoms with Gasteiger partial charge < -0.3 is 13.9 Å². The molecular weight excluding hydrogens is 362 g/mol. The standard InChI is InChI=1S/C21H19NO6/c1-3-26-21(23)19-18(10-11-27-19)15-7-5-9-17(13-15)28-20(22(24)25)16-8-4-6-14(2)12-16/h4-13,20H,3H2,1-2H3. The van der Waals surface area contributed by atoms with Gasteiger partial charge in [-0.2, -0.15) is 0 Å². The van der Waals surface area contributed by atoms with Crippen molar-refractivity contribution in [3.05, 3.63) is 87.9 Å². The molecule has 0 saturated heterocycles. The summed E-state index contributed by atoms with van der Waals surface area (Å²) in [5.74, 6) is -0.197. The molecule has 0 spiro atoms. The van der Waals surface area contributed by atoms with E-state index in [2.05, 4.69) is 0 Å². The van der Waals surface area contributed by atoms with Crippen LogP contribution in [0.1, 0.15) is 34.8 Å². The Morgan fingerprint density at radius 3 is 2.68 bits per heavy atom. The molecule has 0 bridgehead atoms. The summed E-state index contributed by atoms with van der Waals surface area (Å²) in [4.78, 5) is 23.1. The van der Waals surface area contributed by atoms with Crippen molar-refractivity contribution in [1.82, 2.24) is 0 Å². The molecule has 1 unspecified atom stereocenters. The van der Waals surface area contributed by atoms with Gasteiger partial charge in [0.05, 0.1) is 23.4 Å². The molecule has 0 amide bonds. The maximum atomic E-state index is 12.0. The van der Waals surface area contributed by atoms with Crippen molar-refractivity contribution < 1.29 is 23.6 Å². The number of aryl methyl sites for hydroxylation is 1. The molecule has 0 N–H and O–H groups in total. The molecule has 3 rings (SSSR count). The number of esters is 1. The molecule has 2 aromatic carbocycles. The summed E-state index contributed by atoms with van der Waals surface area (Å²) in [6, 6.07) is 15.3. The normalized spacial score (nSPS) is 11.6. The Hall–Kier alpha value is -3.61. The molecule has 7 nitrogen and oxygen atoms in total. The van der Waals surface area contributed by atoms with E-state index in [4.69, 9.17) is 13.9 Å². The number of rotatable bonds is 7. The maximum absolute atomic E-state index is 12.0. The second-order valence-electron chi connectivity index (χ2n) is 6.08. The summed E-state index contributed by atoms with van der Waals surface area (Å²) in [6.45, 7) is 3.79. The van der Waals surface area contributed by atoms with E-state index in [9.17, 15) is 14.9 Å². The van der Waals surface area contributed by atoms with Crippen molar-refractivity contribution >= 4 is 5.97 Å². The molecule has 144 valence electrons. The predicted octanol–water partition coefficient (Wildman–Crippen LogP) is 4.79. The van der Waals surface area contributed by atoms with E-state index in [1.807, 2.05) is 13.0 Å².